The van der Waals surface area contributed by atoms with Gasteiger partial charge in [-0.1, -0.05) is 13.8 Å². The van der Waals surface area contributed by atoms with Crippen molar-refractivity contribution in [3.05, 3.63) is 24.0 Å². The van der Waals surface area contributed by atoms with Gasteiger partial charge in [0.05, 0.1) is 6.20 Å². The molecule has 0 aliphatic heterocycles. The Balaban J connectivity index is 2.79. The van der Waals surface area contributed by atoms with Crippen LogP contribution in [0.3, 0.4) is 0 Å². The van der Waals surface area contributed by atoms with Crippen molar-refractivity contribution in [2.75, 3.05) is 0 Å². The van der Waals surface area contributed by atoms with Crippen LogP contribution in [0.1, 0.15) is 32.3 Å². The third-order valence-electron chi connectivity index (χ3n) is 1.70. The third-order valence-corrected chi connectivity index (χ3v) is 1.70. The Morgan fingerprint density at radius 2 is 2.00 bits per heavy atom. The number of pyridine rings is 1. The maximum atomic E-state index is 12.5. The largest absolute Gasteiger partial charge is 0.459 e. The van der Waals surface area contributed by atoms with E-state index in [2.05, 4.69) is 18.8 Å². The van der Waals surface area contributed by atoms with Gasteiger partial charge >= 0.3 is 0 Å². The van der Waals surface area contributed by atoms with Crippen LogP contribution in [0.2, 0.25) is 0 Å². The first-order valence-corrected chi connectivity index (χ1v) is 4.35. The van der Waals surface area contributed by atoms with Gasteiger partial charge in [-0.15, -0.1) is 0 Å². The van der Waals surface area contributed by atoms with E-state index in [9.17, 15) is 4.39 Å². The first-order chi connectivity index (χ1) is 6.09. The Hall–Kier alpha value is -1.12. The van der Waals surface area contributed by atoms with Crippen LogP contribution < -0.4 is 4.74 Å². The van der Waals surface area contributed by atoms with E-state index >= 15 is 0 Å². The molecule has 0 saturated carbocycles. The molecule has 0 fully saturated rings. The van der Waals surface area contributed by atoms with Gasteiger partial charge in [-0.2, -0.15) is 0 Å². The van der Waals surface area contributed by atoms with E-state index in [1.807, 2.05) is 6.07 Å². The van der Waals surface area contributed by atoms with Crippen LogP contribution in [0.5, 0.6) is 5.75 Å². The van der Waals surface area contributed by atoms with E-state index in [4.69, 9.17) is 4.74 Å². The van der Waals surface area contributed by atoms with Crippen LogP contribution >= 0.6 is 0 Å². The molecular weight excluding hydrogens is 169 g/mol. The molecule has 1 heterocycles. The quantitative estimate of drug-likeness (QED) is 0.718. The summed E-state index contributed by atoms with van der Waals surface area (Å²) in [6.45, 7) is 5.46. The van der Waals surface area contributed by atoms with E-state index in [1.165, 1.54) is 13.1 Å². The van der Waals surface area contributed by atoms with E-state index < -0.39 is 6.36 Å². The summed E-state index contributed by atoms with van der Waals surface area (Å²) in [6.07, 6.45) is 1.99. The second-order valence-corrected chi connectivity index (χ2v) is 3.27. The Bertz CT molecular complexity index is 273. The summed E-state index contributed by atoms with van der Waals surface area (Å²) in [6, 6.07) is 1.81. The minimum atomic E-state index is -1.29. The molecule has 0 N–H and O–H groups in total. The van der Waals surface area contributed by atoms with Crippen molar-refractivity contribution in [3.8, 4) is 5.75 Å². The van der Waals surface area contributed by atoms with Crippen molar-refractivity contribution in [1.82, 2.24) is 4.98 Å². The number of hydrogen-bond donors (Lipinski definition) is 0. The number of rotatable bonds is 3. The molecule has 0 radical (unpaired) electrons. The van der Waals surface area contributed by atoms with E-state index in [0.717, 1.165) is 5.56 Å². The zero-order valence-corrected chi connectivity index (χ0v) is 8.12. The van der Waals surface area contributed by atoms with Gasteiger partial charge in [0.1, 0.15) is 5.75 Å². The lowest BCUT2D eigenvalue weighted by Crippen LogP contribution is -2.04. The Kier molecular flexibility index (Phi) is 3.23. The van der Waals surface area contributed by atoms with Crippen molar-refractivity contribution in [1.29, 1.82) is 0 Å². The van der Waals surface area contributed by atoms with Gasteiger partial charge in [0.15, 0.2) is 0 Å². The van der Waals surface area contributed by atoms with Crippen molar-refractivity contribution >= 4 is 0 Å². The zero-order chi connectivity index (χ0) is 9.84. The molecule has 1 unspecified atom stereocenters. The summed E-state index contributed by atoms with van der Waals surface area (Å²) in [5, 5.41) is 0. The maximum absolute atomic E-state index is 12.5. The molecule has 1 aromatic rings. The van der Waals surface area contributed by atoms with Crippen LogP contribution in [0.4, 0.5) is 4.39 Å². The SMILES string of the molecule is CC(F)Oc1cncc(C(C)C)c1. The smallest absolute Gasteiger partial charge is 0.235 e. The van der Waals surface area contributed by atoms with Crippen LogP contribution in [0, 0.1) is 0 Å². The summed E-state index contributed by atoms with van der Waals surface area (Å²) < 4.78 is 17.3. The number of halogens is 1. The van der Waals surface area contributed by atoms with Gasteiger partial charge in [0.2, 0.25) is 6.36 Å². The van der Waals surface area contributed by atoms with Crippen molar-refractivity contribution < 1.29 is 9.13 Å². The van der Waals surface area contributed by atoms with Crippen LogP contribution in [-0.4, -0.2) is 11.3 Å². The molecule has 0 saturated heterocycles. The fourth-order valence-corrected chi connectivity index (χ4v) is 1.00. The van der Waals surface area contributed by atoms with Crippen molar-refractivity contribution in [2.24, 2.45) is 0 Å². The van der Waals surface area contributed by atoms with Crippen LogP contribution in [0.25, 0.3) is 0 Å². The Labute approximate surface area is 77.8 Å². The van der Waals surface area contributed by atoms with E-state index in [-0.39, 0.29) is 0 Å². The number of ether oxygens (including phenoxy) is 1. The monoisotopic (exact) mass is 183 g/mol. The van der Waals surface area contributed by atoms with Crippen molar-refractivity contribution in [3.63, 3.8) is 0 Å². The molecule has 1 atom stereocenters. The van der Waals surface area contributed by atoms with Gasteiger partial charge in [-0.05, 0) is 17.5 Å². The molecule has 1 aromatic heterocycles. The van der Waals surface area contributed by atoms with E-state index in [1.54, 1.807) is 6.20 Å². The highest BCUT2D eigenvalue weighted by Crippen LogP contribution is 2.19. The van der Waals surface area contributed by atoms with Gasteiger partial charge in [-0.25, -0.2) is 4.39 Å². The summed E-state index contributed by atoms with van der Waals surface area (Å²) in [5.41, 5.74) is 1.05. The first kappa shape index (κ1) is 9.96. The number of hydrogen-bond acceptors (Lipinski definition) is 2. The highest BCUT2D eigenvalue weighted by Gasteiger charge is 2.04. The summed E-state index contributed by atoms with van der Waals surface area (Å²) >= 11 is 0. The predicted octanol–water partition coefficient (Wildman–Crippen LogP) is 2.90. The van der Waals surface area contributed by atoms with Crippen molar-refractivity contribution in [2.45, 2.75) is 33.0 Å². The van der Waals surface area contributed by atoms with Crippen LogP contribution in [0.15, 0.2) is 18.5 Å². The van der Waals surface area contributed by atoms with Gasteiger partial charge in [-0.3, -0.25) is 4.98 Å². The molecule has 1 rings (SSSR count). The molecule has 3 heteroatoms. The lowest BCUT2D eigenvalue weighted by Gasteiger charge is -2.09. The highest BCUT2D eigenvalue weighted by atomic mass is 19.1. The second kappa shape index (κ2) is 4.21. The predicted molar refractivity (Wildman–Crippen MR) is 49.5 cm³/mol. The molecule has 0 spiro atoms. The highest BCUT2D eigenvalue weighted by molar-refractivity contribution is 5.25. The molecule has 72 valence electrons. The molecule has 0 aliphatic rings. The molecule has 0 aromatic carbocycles. The number of alkyl halides is 1. The van der Waals surface area contributed by atoms with Gasteiger partial charge in [0, 0.05) is 13.1 Å². The lowest BCUT2D eigenvalue weighted by atomic mass is 10.1. The number of nitrogens with zero attached hydrogens (tertiary/aromatic N) is 1. The number of aromatic nitrogens is 1. The molecule has 13 heavy (non-hydrogen) atoms. The fraction of sp³-hybridized carbons (Fsp3) is 0.500. The Morgan fingerprint density at radius 1 is 1.31 bits per heavy atom. The molecule has 0 amide bonds. The van der Waals surface area contributed by atoms with Crippen LogP contribution in [-0.2, 0) is 0 Å². The van der Waals surface area contributed by atoms with Gasteiger partial charge < -0.3 is 4.74 Å². The average molecular weight is 183 g/mol. The summed E-state index contributed by atoms with van der Waals surface area (Å²) in [7, 11) is 0. The minimum Gasteiger partial charge on any atom is -0.459 e. The standard InChI is InChI=1S/C10H14FNO/c1-7(2)9-4-10(6-12-5-9)13-8(3)11/h4-8H,1-3H3. The van der Waals surface area contributed by atoms with E-state index in [0.29, 0.717) is 11.7 Å². The molecule has 0 aliphatic carbocycles. The minimum absolute atomic E-state index is 0.381. The Morgan fingerprint density at radius 3 is 2.54 bits per heavy atom. The third kappa shape index (κ3) is 3.01. The maximum Gasteiger partial charge on any atom is 0.235 e. The normalized spacial score (nSPS) is 13.0. The second-order valence-electron chi connectivity index (χ2n) is 3.27. The topological polar surface area (TPSA) is 22.1 Å². The average Bonchev–Trinajstić information content (AvgIpc) is 2.03. The lowest BCUT2D eigenvalue weighted by molar-refractivity contribution is 0.0855. The summed E-state index contributed by atoms with van der Waals surface area (Å²) in [5.74, 6) is 0.868. The molecule has 2 nitrogen and oxygen atoms in total. The first-order valence-electron chi connectivity index (χ1n) is 4.35. The zero-order valence-electron chi connectivity index (χ0n) is 8.12. The van der Waals surface area contributed by atoms with Gasteiger partial charge in [0.25, 0.3) is 0 Å². The molecular formula is C10H14FNO. The fourth-order valence-electron chi connectivity index (χ4n) is 1.00. The summed E-state index contributed by atoms with van der Waals surface area (Å²) in [4.78, 5) is 3.97. The molecule has 0 bridgehead atoms.